The minimum atomic E-state index is -0.445. The van der Waals surface area contributed by atoms with E-state index < -0.39 is 5.82 Å². The number of hydrogen-bond donors (Lipinski definition) is 2. The van der Waals surface area contributed by atoms with E-state index in [1.807, 2.05) is 0 Å². The lowest BCUT2D eigenvalue weighted by atomic mass is 10.1. The summed E-state index contributed by atoms with van der Waals surface area (Å²) in [7, 11) is 1.46. The van der Waals surface area contributed by atoms with Crippen LogP contribution < -0.4 is 15.8 Å². The second-order valence-electron chi connectivity index (χ2n) is 3.84. The lowest BCUT2D eigenvalue weighted by Gasteiger charge is -2.11. The molecule has 17 heavy (non-hydrogen) atoms. The molecule has 3 N–H and O–H groups in total. The van der Waals surface area contributed by atoms with Crippen LogP contribution in [-0.4, -0.2) is 25.6 Å². The minimum Gasteiger partial charge on any atom is -0.497 e. The number of nitrogens with one attached hydrogen (secondary N) is 1. The van der Waals surface area contributed by atoms with E-state index in [1.165, 1.54) is 13.2 Å². The van der Waals surface area contributed by atoms with Crippen molar-refractivity contribution in [1.29, 1.82) is 0 Å². The molecule has 1 aromatic carbocycles. The molecule has 1 aromatic rings. The van der Waals surface area contributed by atoms with Crippen LogP contribution in [0, 0.1) is 5.82 Å². The fourth-order valence-electron chi connectivity index (χ4n) is 1.36. The highest BCUT2D eigenvalue weighted by Gasteiger charge is 2.10. The average Bonchev–Trinajstić information content (AvgIpc) is 2.31. The van der Waals surface area contributed by atoms with Gasteiger partial charge in [-0.05, 0) is 18.6 Å². The van der Waals surface area contributed by atoms with Crippen LogP contribution in [0.2, 0.25) is 0 Å². The molecule has 0 aliphatic heterocycles. The van der Waals surface area contributed by atoms with Crippen molar-refractivity contribution in [2.75, 3.05) is 13.7 Å². The normalized spacial score (nSPS) is 12.0. The zero-order valence-electron chi connectivity index (χ0n) is 10.00. The van der Waals surface area contributed by atoms with Crippen molar-refractivity contribution < 1.29 is 13.9 Å². The minimum absolute atomic E-state index is 0.000166. The molecule has 1 atom stereocenters. The smallest absolute Gasteiger partial charge is 0.224 e. The van der Waals surface area contributed by atoms with E-state index in [-0.39, 0.29) is 18.4 Å². The third-order valence-electron chi connectivity index (χ3n) is 2.37. The van der Waals surface area contributed by atoms with E-state index >= 15 is 0 Å². The van der Waals surface area contributed by atoms with Crippen LogP contribution in [-0.2, 0) is 11.2 Å². The lowest BCUT2D eigenvalue weighted by Crippen LogP contribution is -2.38. The predicted octanol–water partition coefficient (Wildman–Crippen LogP) is 0.840. The summed E-state index contributed by atoms with van der Waals surface area (Å²) in [5.74, 6) is -0.256. The molecular formula is C12H17FN2O2. The van der Waals surface area contributed by atoms with E-state index in [2.05, 4.69) is 5.32 Å². The molecule has 1 rings (SSSR count). The summed E-state index contributed by atoms with van der Waals surface area (Å²) in [5, 5.41) is 2.67. The molecule has 0 heterocycles. The predicted molar refractivity (Wildman–Crippen MR) is 63.3 cm³/mol. The first-order chi connectivity index (χ1) is 8.06. The quantitative estimate of drug-likeness (QED) is 0.801. The Kier molecular flexibility index (Phi) is 4.90. The van der Waals surface area contributed by atoms with Crippen molar-refractivity contribution in [3.63, 3.8) is 0 Å². The van der Waals surface area contributed by atoms with Gasteiger partial charge in [-0.15, -0.1) is 0 Å². The molecule has 5 heteroatoms. The molecule has 0 saturated carbocycles. The van der Waals surface area contributed by atoms with Gasteiger partial charge in [0.1, 0.15) is 11.6 Å². The van der Waals surface area contributed by atoms with E-state index in [9.17, 15) is 9.18 Å². The fourth-order valence-corrected chi connectivity index (χ4v) is 1.36. The van der Waals surface area contributed by atoms with Gasteiger partial charge in [0.2, 0.25) is 5.91 Å². The second-order valence-corrected chi connectivity index (χ2v) is 3.84. The Morgan fingerprint density at radius 3 is 2.82 bits per heavy atom. The lowest BCUT2D eigenvalue weighted by molar-refractivity contribution is -0.121. The van der Waals surface area contributed by atoms with Gasteiger partial charge in [0.25, 0.3) is 0 Å². The van der Waals surface area contributed by atoms with Crippen LogP contribution in [0.15, 0.2) is 18.2 Å². The van der Waals surface area contributed by atoms with E-state index in [1.54, 1.807) is 19.1 Å². The van der Waals surface area contributed by atoms with Gasteiger partial charge >= 0.3 is 0 Å². The Hall–Kier alpha value is -1.62. The van der Waals surface area contributed by atoms with E-state index in [0.717, 1.165) is 0 Å². The molecule has 0 fully saturated rings. The van der Waals surface area contributed by atoms with Gasteiger partial charge in [0, 0.05) is 18.7 Å². The molecule has 4 nitrogen and oxygen atoms in total. The summed E-state index contributed by atoms with van der Waals surface area (Å²) in [6.45, 7) is 2.15. The van der Waals surface area contributed by atoms with Crippen molar-refractivity contribution in [1.82, 2.24) is 5.32 Å². The summed E-state index contributed by atoms with van der Waals surface area (Å²) in [5.41, 5.74) is 5.72. The van der Waals surface area contributed by atoms with E-state index in [4.69, 9.17) is 10.5 Å². The third-order valence-corrected chi connectivity index (χ3v) is 2.37. The zero-order valence-corrected chi connectivity index (χ0v) is 10.00. The molecule has 94 valence electrons. The SMILES string of the molecule is COc1ccc(CC(=O)NC(C)CN)c(F)c1. The number of hydrogen-bond acceptors (Lipinski definition) is 3. The standard InChI is InChI=1S/C12H17FN2O2/c1-8(7-14)15-12(16)5-9-3-4-10(17-2)6-11(9)13/h3-4,6,8H,5,7,14H2,1-2H3,(H,15,16). The van der Waals surface area contributed by atoms with Gasteiger partial charge in [-0.2, -0.15) is 0 Å². The number of nitrogens with two attached hydrogens (primary N) is 1. The molecule has 0 aromatic heterocycles. The maximum Gasteiger partial charge on any atom is 0.224 e. The molecule has 0 spiro atoms. The van der Waals surface area contributed by atoms with Crippen LogP contribution in [0.25, 0.3) is 0 Å². The monoisotopic (exact) mass is 240 g/mol. The average molecular weight is 240 g/mol. The first-order valence-electron chi connectivity index (χ1n) is 5.38. The summed E-state index contributed by atoms with van der Waals surface area (Å²) >= 11 is 0. The first-order valence-corrected chi connectivity index (χ1v) is 5.38. The highest BCUT2D eigenvalue weighted by molar-refractivity contribution is 5.78. The van der Waals surface area contributed by atoms with Gasteiger partial charge < -0.3 is 15.8 Å². The molecule has 0 bridgehead atoms. The number of amides is 1. The number of methoxy groups -OCH3 is 1. The largest absolute Gasteiger partial charge is 0.497 e. The van der Waals surface area contributed by atoms with Crippen molar-refractivity contribution in [2.45, 2.75) is 19.4 Å². The van der Waals surface area contributed by atoms with Crippen molar-refractivity contribution >= 4 is 5.91 Å². The maximum absolute atomic E-state index is 13.5. The maximum atomic E-state index is 13.5. The Labute approximate surface area is 100.0 Å². The number of halogens is 1. The number of ether oxygens (including phenoxy) is 1. The highest BCUT2D eigenvalue weighted by atomic mass is 19.1. The molecule has 0 aliphatic carbocycles. The van der Waals surface area contributed by atoms with Crippen LogP contribution >= 0.6 is 0 Å². The topological polar surface area (TPSA) is 64.3 Å². The van der Waals surface area contributed by atoms with Crippen LogP contribution in [0.3, 0.4) is 0 Å². The Morgan fingerprint density at radius 2 is 2.29 bits per heavy atom. The third kappa shape index (κ3) is 4.03. The number of carbonyl (C=O) groups excluding carboxylic acids is 1. The molecule has 1 amide bonds. The summed E-state index contributed by atoms with van der Waals surface area (Å²) in [6.07, 6.45) is 0.000166. The van der Waals surface area contributed by atoms with Crippen molar-refractivity contribution in [2.24, 2.45) is 5.73 Å². The molecule has 1 unspecified atom stereocenters. The summed E-state index contributed by atoms with van der Waals surface area (Å²) in [4.78, 5) is 11.5. The van der Waals surface area contributed by atoms with E-state index in [0.29, 0.717) is 17.9 Å². The molecule has 0 saturated heterocycles. The molecule has 0 aliphatic rings. The summed E-state index contributed by atoms with van der Waals surface area (Å²) in [6, 6.07) is 4.32. The Bertz CT molecular complexity index is 396. The van der Waals surface area contributed by atoms with Crippen LogP contribution in [0.5, 0.6) is 5.75 Å². The number of benzene rings is 1. The van der Waals surface area contributed by atoms with Gasteiger partial charge in [0.15, 0.2) is 0 Å². The fraction of sp³-hybridized carbons (Fsp3) is 0.417. The molecular weight excluding hydrogens is 223 g/mol. The van der Waals surface area contributed by atoms with Crippen molar-refractivity contribution in [3.05, 3.63) is 29.6 Å². The molecule has 0 radical (unpaired) electrons. The zero-order chi connectivity index (χ0) is 12.8. The van der Waals surface area contributed by atoms with Crippen LogP contribution in [0.4, 0.5) is 4.39 Å². The van der Waals surface area contributed by atoms with Gasteiger partial charge in [-0.25, -0.2) is 4.39 Å². The van der Waals surface area contributed by atoms with Crippen LogP contribution in [0.1, 0.15) is 12.5 Å². The van der Waals surface area contributed by atoms with Crippen molar-refractivity contribution in [3.8, 4) is 5.75 Å². The van der Waals surface area contributed by atoms with Gasteiger partial charge in [-0.1, -0.05) is 6.07 Å². The Morgan fingerprint density at radius 1 is 1.59 bits per heavy atom. The van der Waals surface area contributed by atoms with Gasteiger partial charge in [0.05, 0.1) is 13.5 Å². The first kappa shape index (κ1) is 13.4. The second kappa shape index (κ2) is 6.20. The number of carbonyl (C=O) groups is 1. The highest BCUT2D eigenvalue weighted by Crippen LogP contribution is 2.16. The Balaban J connectivity index is 2.65. The summed E-state index contributed by atoms with van der Waals surface area (Å²) < 4.78 is 18.4. The van der Waals surface area contributed by atoms with Gasteiger partial charge in [-0.3, -0.25) is 4.79 Å². The number of rotatable bonds is 5.